The highest BCUT2D eigenvalue weighted by Crippen LogP contribution is 2.42. The van der Waals surface area contributed by atoms with Gasteiger partial charge in [0.05, 0.1) is 24.8 Å². The number of piperazine rings is 1. The van der Waals surface area contributed by atoms with Gasteiger partial charge in [-0.05, 0) is 55.8 Å². The van der Waals surface area contributed by atoms with Gasteiger partial charge in [-0.25, -0.2) is 4.39 Å². The third kappa shape index (κ3) is 4.87. The number of fused-ring (bicyclic) bond motifs is 1. The first-order chi connectivity index (χ1) is 18.3. The van der Waals surface area contributed by atoms with Gasteiger partial charge in [-0.3, -0.25) is 9.89 Å². The average molecular weight is 538 g/mol. The summed E-state index contributed by atoms with van der Waals surface area (Å²) in [6, 6.07) is 14.9. The zero-order valence-corrected chi connectivity index (χ0v) is 22.3. The molecule has 38 heavy (non-hydrogen) atoms. The maximum absolute atomic E-state index is 15.1. The van der Waals surface area contributed by atoms with E-state index in [1.807, 2.05) is 24.3 Å². The fourth-order valence-electron chi connectivity index (χ4n) is 4.95. The van der Waals surface area contributed by atoms with Gasteiger partial charge in [-0.15, -0.1) is 0 Å². The van der Waals surface area contributed by atoms with Gasteiger partial charge in [0.25, 0.3) is 5.91 Å². The number of ether oxygens (including phenoxy) is 2. The summed E-state index contributed by atoms with van der Waals surface area (Å²) in [6.45, 7) is 6.16. The highest BCUT2D eigenvalue weighted by Gasteiger charge is 2.23. The van der Waals surface area contributed by atoms with Crippen LogP contribution >= 0.6 is 11.6 Å². The molecule has 1 aromatic heterocycles. The van der Waals surface area contributed by atoms with Crippen LogP contribution in [0.3, 0.4) is 0 Å². The van der Waals surface area contributed by atoms with Crippen LogP contribution in [0.25, 0.3) is 22.0 Å². The standard InChI is InChI=1S/C28H29ClFN5O3/c1-15-13-35(14-16(2)31-15)19-8-5-17(6-9-19)28(36)32-27-20-10-7-18(11-21(20)33-34-27)24-25(29)22(37-3)12-23(38-4)26(24)30/h5-12,15-16,31H,13-14H2,1-4H3,(H2,32,33,34,36)/t15-,16+. The SMILES string of the molecule is COc1cc(OC)c(Cl)c(-c2ccc3c(NC(=O)c4ccc(N5C[C@@H](C)N[C@@H](C)C5)cc4)n[nH]c3c2)c1F. The molecule has 2 heterocycles. The Bertz CT molecular complexity index is 1450. The van der Waals surface area contributed by atoms with Gasteiger partial charge in [0.15, 0.2) is 17.4 Å². The number of nitrogens with zero attached hydrogens (tertiary/aromatic N) is 2. The summed E-state index contributed by atoms with van der Waals surface area (Å²) >= 11 is 6.44. The number of carbonyl (C=O) groups excluding carboxylic acids is 1. The summed E-state index contributed by atoms with van der Waals surface area (Å²) in [5.41, 5.74) is 2.87. The summed E-state index contributed by atoms with van der Waals surface area (Å²) in [5, 5.41) is 14.4. The fraction of sp³-hybridized carbons (Fsp3) is 0.286. The zero-order chi connectivity index (χ0) is 27.0. The first-order valence-electron chi connectivity index (χ1n) is 12.3. The van der Waals surface area contributed by atoms with Crippen molar-refractivity contribution in [2.45, 2.75) is 25.9 Å². The Balaban J connectivity index is 1.37. The van der Waals surface area contributed by atoms with Crippen LogP contribution < -0.4 is 25.0 Å². The van der Waals surface area contributed by atoms with Gasteiger partial charge in [0.1, 0.15) is 5.75 Å². The van der Waals surface area contributed by atoms with Crippen LogP contribution in [0.4, 0.5) is 15.9 Å². The molecule has 3 N–H and O–H groups in total. The number of benzene rings is 3. The summed E-state index contributed by atoms with van der Waals surface area (Å²) in [5.74, 6) is -0.183. The molecule has 0 saturated carbocycles. The number of halogens is 2. The van der Waals surface area contributed by atoms with E-state index >= 15 is 4.39 Å². The predicted molar refractivity (Wildman–Crippen MR) is 148 cm³/mol. The molecule has 0 radical (unpaired) electrons. The molecule has 1 aliphatic rings. The van der Waals surface area contributed by atoms with Crippen molar-refractivity contribution in [3.05, 3.63) is 64.9 Å². The van der Waals surface area contributed by atoms with Gasteiger partial charge in [-0.2, -0.15) is 5.10 Å². The van der Waals surface area contributed by atoms with Crippen molar-refractivity contribution in [1.29, 1.82) is 0 Å². The number of methoxy groups -OCH3 is 2. The predicted octanol–water partition coefficient (Wildman–Crippen LogP) is 5.48. The second kappa shape index (κ2) is 10.5. The largest absolute Gasteiger partial charge is 0.495 e. The minimum absolute atomic E-state index is 0.0194. The average Bonchev–Trinajstić information content (AvgIpc) is 3.30. The Morgan fingerprint density at radius 2 is 1.74 bits per heavy atom. The van der Waals surface area contributed by atoms with Crippen molar-refractivity contribution in [3.63, 3.8) is 0 Å². The van der Waals surface area contributed by atoms with Crippen molar-refractivity contribution in [2.24, 2.45) is 0 Å². The smallest absolute Gasteiger partial charge is 0.256 e. The molecule has 1 aliphatic heterocycles. The molecule has 8 nitrogen and oxygen atoms in total. The van der Waals surface area contributed by atoms with E-state index in [1.165, 1.54) is 20.3 Å². The number of hydrogen-bond acceptors (Lipinski definition) is 6. The Morgan fingerprint density at radius 3 is 2.39 bits per heavy atom. The van der Waals surface area contributed by atoms with Crippen LogP contribution in [0.15, 0.2) is 48.5 Å². The maximum atomic E-state index is 15.1. The first kappa shape index (κ1) is 25.8. The van der Waals surface area contributed by atoms with Crippen LogP contribution in [-0.2, 0) is 0 Å². The lowest BCUT2D eigenvalue weighted by Gasteiger charge is -2.37. The van der Waals surface area contributed by atoms with Crippen molar-refractivity contribution >= 4 is 39.9 Å². The van der Waals surface area contributed by atoms with Crippen LogP contribution in [0.1, 0.15) is 24.2 Å². The Morgan fingerprint density at radius 1 is 1.05 bits per heavy atom. The minimum Gasteiger partial charge on any atom is -0.495 e. The van der Waals surface area contributed by atoms with Crippen LogP contribution in [-0.4, -0.2) is 55.5 Å². The van der Waals surface area contributed by atoms with E-state index in [2.05, 4.69) is 39.6 Å². The van der Waals surface area contributed by atoms with E-state index in [-0.39, 0.29) is 22.2 Å². The van der Waals surface area contributed by atoms with E-state index in [1.54, 1.807) is 18.2 Å². The van der Waals surface area contributed by atoms with E-state index in [4.69, 9.17) is 21.1 Å². The van der Waals surface area contributed by atoms with E-state index in [9.17, 15) is 4.79 Å². The van der Waals surface area contributed by atoms with Crippen LogP contribution in [0, 0.1) is 5.82 Å². The fourth-order valence-corrected chi connectivity index (χ4v) is 5.27. The number of nitrogens with one attached hydrogen (secondary N) is 3. The van der Waals surface area contributed by atoms with Gasteiger partial charge in [0.2, 0.25) is 0 Å². The first-order valence-corrected chi connectivity index (χ1v) is 12.7. The van der Waals surface area contributed by atoms with Crippen molar-refractivity contribution < 1.29 is 18.7 Å². The lowest BCUT2D eigenvalue weighted by molar-refractivity contribution is 0.102. The van der Waals surface area contributed by atoms with Gasteiger partial charge in [0, 0.05) is 53.4 Å². The molecule has 3 aromatic carbocycles. The maximum Gasteiger partial charge on any atom is 0.256 e. The van der Waals surface area contributed by atoms with Crippen LogP contribution in [0.5, 0.6) is 11.5 Å². The lowest BCUT2D eigenvalue weighted by Crippen LogP contribution is -2.54. The molecule has 4 aromatic rings. The third-order valence-corrected chi connectivity index (χ3v) is 7.08. The number of amides is 1. The topological polar surface area (TPSA) is 91.5 Å². The van der Waals surface area contributed by atoms with Crippen molar-refractivity contribution in [1.82, 2.24) is 15.5 Å². The number of aromatic nitrogens is 2. The molecule has 1 amide bonds. The van der Waals surface area contributed by atoms with E-state index in [0.717, 1.165) is 18.8 Å². The molecule has 1 saturated heterocycles. The highest BCUT2D eigenvalue weighted by molar-refractivity contribution is 6.35. The number of carbonyl (C=O) groups is 1. The molecular formula is C28H29ClFN5O3. The number of hydrogen-bond donors (Lipinski definition) is 3. The van der Waals surface area contributed by atoms with Crippen molar-refractivity contribution in [2.75, 3.05) is 37.5 Å². The molecular weight excluding hydrogens is 509 g/mol. The molecule has 10 heteroatoms. The summed E-state index contributed by atoms with van der Waals surface area (Å²) < 4.78 is 25.6. The molecule has 2 atom stereocenters. The summed E-state index contributed by atoms with van der Waals surface area (Å²) in [7, 11) is 2.83. The second-order valence-electron chi connectivity index (χ2n) is 9.49. The highest BCUT2D eigenvalue weighted by atomic mass is 35.5. The lowest BCUT2D eigenvalue weighted by atomic mass is 10.0. The van der Waals surface area contributed by atoms with Gasteiger partial charge < -0.3 is 25.0 Å². The second-order valence-corrected chi connectivity index (χ2v) is 9.87. The summed E-state index contributed by atoms with van der Waals surface area (Å²) in [4.78, 5) is 15.3. The van der Waals surface area contributed by atoms with Crippen molar-refractivity contribution in [3.8, 4) is 22.6 Å². The molecule has 198 valence electrons. The quantitative estimate of drug-likeness (QED) is 0.302. The molecule has 0 aliphatic carbocycles. The Labute approximate surface area is 225 Å². The molecule has 1 fully saturated rings. The Hall–Kier alpha value is -3.82. The third-order valence-electron chi connectivity index (χ3n) is 6.71. The Kier molecular flexibility index (Phi) is 7.14. The number of aromatic amines is 1. The van der Waals surface area contributed by atoms with Crippen LogP contribution in [0.2, 0.25) is 5.02 Å². The normalized spacial score (nSPS) is 17.5. The minimum atomic E-state index is -0.598. The molecule has 0 unspecified atom stereocenters. The molecule has 0 bridgehead atoms. The zero-order valence-electron chi connectivity index (χ0n) is 21.6. The number of H-pyrrole nitrogens is 1. The van der Waals surface area contributed by atoms with E-state index in [0.29, 0.717) is 45.7 Å². The number of rotatable bonds is 6. The van der Waals surface area contributed by atoms with E-state index < -0.39 is 5.82 Å². The van der Waals surface area contributed by atoms with Gasteiger partial charge >= 0.3 is 0 Å². The monoisotopic (exact) mass is 537 g/mol. The summed E-state index contributed by atoms with van der Waals surface area (Å²) in [6.07, 6.45) is 0. The molecule has 0 spiro atoms. The number of anilines is 2. The molecule has 5 rings (SSSR count). The van der Waals surface area contributed by atoms with Gasteiger partial charge in [-0.1, -0.05) is 17.7 Å².